The van der Waals surface area contributed by atoms with Gasteiger partial charge in [0.05, 0.1) is 28.8 Å². The third kappa shape index (κ3) is 2.42. The normalized spacial score (nSPS) is 10.9. The molecule has 0 unspecified atom stereocenters. The topological polar surface area (TPSA) is 34.9 Å². The van der Waals surface area contributed by atoms with Crippen molar-refractivity contribution in [2.24, 2.45) is 0 Å². The average Bonchev–Trinajstić information content (AvgIpc) is 2.43. The van der Waals surface area contributed by atoms with Gasteiger partial charge in [0.25, 0.3) is 5.56 Å². The van der Waals surface area contributed by atoms with Crippen molar-refractivity contribution in [3.63, 3.8) is 0 Å². The molecule has 0 aliphatic rings. The minimum Gasteiger partial charge on any atom is -0.294 e. The van der Waals surface area contributed by atoms with E-state index in [4.69, 9.17) is 23.2 Å². The molecule has 3 nitrogen and oxygen atoms in total. The SMILES string of the molecule is O=c1c2cc(Cl)cc(Cl)c2ncn1Cc1ccccc1. The molecule has 0 spiro atoms. The first-order valence-electron chi connectivity index (χ1n) is 6.03. The van der Waals surface area contributed by atoms with E-state index in [1.165, 1.54) is 6.33 Å². The predicted octanol–water partition coefficient (Wildman–Crippen LogP) is 3.75. The second-order valence-electron chi connectivity index (χ2n) is 4.45. The van der Waals surface area contributed by atoms with Crippen molar-refractivity contribution in [2.75, 3.05) is 0 Å². The van der Waals surface area contributed by atoms with Gasteiger partial charge in [0, 0.05) is 5.02 Å². The first-order chi connectivity index (χ1) is 9.65. The van der Waals surface area contributed by atoms with Crippen LogP contribution in [0.25, 0.3) is 10.9 Å². The van der Waals surface area contributed by atoms with E-state index in [2.05, 4.69) is 4.98 Å². The van der Waals surface area contributed by atoms with Gasteiger partial charge in [-0.05, 0) is 17.7 Å². The second kappa shape index (κ2) is 5.27. The van der Waals surface area contributed by atoms with Crippen LogP contribution < -0.4 is 5.56 Å². The maximum absolute atomic E-state index is 12.4. The van der Waals surface area contributed by atoms with Crippen molar-refractivity contribution in [1.82, 2.24) is 9.55 Å². The van der Waals surface area contributed by atoms with Gasteiger partial charge in [0.1, 0.15) is 0 Å². The molecule has 100 valence electrons. The van der Waals surface area contributed by atoms with Crippen molar-refractivity contribution in [1.29, 1.82) is 0 Å². The molecular weight excluding hydrogens is 295 g/mol. The summed E-state index contributed by atoms with van der Waals surface area (Å²) in [5.74, 6) is 0. The highest BCUT2D eigenvalue weighted by Gasteiger charge is 2.09. The summed E-state index contributed by atoms with van der Waals surface area (Å²) in [7, 11) is 0. The van der Waals surface area contributed by atoms with Crippen LogP contribution in [0.4, 0.5) is 0 Å². The quantitative estimate of drug-likeness (QED) is 0.722. The molecule has 0 N–H and O–H groups in total. The monoisotopic (exact) mass is 304 g/mol. The molecule has 0 aliphatic heterocycles. The molecule has 1 aromatic heterocycles. The maximum Gasteiger partial charge on any atom is 0.261 e. The molecular formula is C15H10Cl2N2O. The molecule has 0 atom stereocenters. The molecule has 0 saturated carbocycles. The highest BCUT2D eigenvalue weighted by atomic mass is 35.5. The molecule has 0 aliphatic carbocycles. The lowest BCUT2D eigenvalue weighted by Gasteiger charge is -2.07. The lowest BCUT2D eigenvalue weighted by molar-refractivity contribution is 0.748. The summed E-state index contributed by atoms with van der Waals surface area (Å²) in [6.45, 7) is 0.465. The maximum atomic E-state index is 12.4. The number of benzene rings is 2. The first kappa shape index (κ1) is 13.2. The highest BCUT2D eigenvalue weighted by Crippen LogP contribution is 2.24. The fourth-order valence-electron chi connectivity index (χ4n) is 2.09. The zero-order valence-corrected chi connectivity index (χ0v) is 11.9. The fourth-order valence-corrected chi connectivity index (χ4v) is 2.63. The summed E-state index contributed by atoms with van der Waals surface area (Å²) in [4.78, 5) is 16.7. The minimum atomic E-state index is -0.150. The van der Waals surface area contributed by atoms with E-state index < -0.39 is 0 Å². The second-order valence-corrected chi connectivity index (χ2v) is 5.29. The lowest BCUT2D eigenvalue weighted by atomic mass is 10.2. The van der Waals surface area contributed by atoms with Crippen LogP contribution in [0, 0.1) is 0 Å². The molecule has 0 fully saturated rings. The summed E-state index contributed by atoms with van der Waals surface area (Å²) >= 11 is 12.0. The zero-order chi connectivity index (χ0) is 14.1. The van der Waals surface area contributed by atoms with Crippen LogP contribution in [0.5, 0.6) is 0 Å². The highest BCUT2D eigenvalue weighted by molar-refractivity contribution is 6.38. The summed E-state index contributed by atoms with van der Waals surface area (Å²) in [6.07, 6.45) is 1.51. The van der Waals surface area contributed by atoms with Crippen LogP contribution in [-0.2, 0) is 6.54 Å². The fraction of sp³-hybridized carbons (Fsp3) is 0.0667. The van der Waals surface area contributed by atoms with Gasteiger partial charge in [-0.15, -0.1) is 0 Å². The molecule has 2 aromatic carbocycles. The van der Waals surface area contributed by atoms with Crippen LogP contribution in [0.15, 0.2) is 53.6 Å². The Kier molecular flexibility index (Phi) is 3.47. The predicted molar refractivity (Wildman–Crippen MR) is 81.6 cm³/mol. The Bertz CT molecular complexity index is 828. The molecule has 0 amide bonds. The largest absolute Gasteiger partial charge is 0.294 e. The van der Waals surface area contributed by atoms with E-state index in [0.717, 1.165) is 5.56 Å². The van der Waals surface area contributed by atoms with Gasteiger partial charge in [-0.3, -0.25) is 9.36 Å². The number of aromatic nitrogens is 2. The third-order valence-corrected chi connectivity index (χ3v) is 3.55. The smallest absolute Gasteiger partial charge is 0.261 e. The Morgan fingerprint density at radius 3 is 2.60 bits per heavy atom. The van der Waals surface area contributed by atoms with Gasteiger partial charge >= 0.3 is 0 Å². The molecule has 0 saturated heterocycles. The van der Waals surface area contributed by atoms with Crippen molar-refractivity contribution >= 4 is 34.1 Å². The van der Waals surface area contributed by atoms with Crippen LogP contribution in [0.3, 0.4) is 0 Å². The Labute approximate surface area is 125 Å². The molecule has 1 heterocycles. The van der Waals surface area contributed by atoms with Crippen molar-refractivity contribution in [3.05, 3.63) is 74.8 Å². The van der Waals surface area contributed by atoms with Gasteiger partial charge in [-0.25, -0.2) is 4.98 Å². The van der Waals surface area contributed by atoms with Gasteiger partial charge < -0.3 is 0 Å². The van der Waals surface area contributed by atoms with Crippen LogP contribution in [0.1, 0.15) is 5.56 Å². The standard InChI is InChI=1S/C15H10Cl2N2O/c16-11-6-12-14(13(17)7-11)18-9-19(15(12)20)8-10-4-2-1-3-5-10/h1-7,9H,8H2. The number of hydrogen-bond donors (Lipinski definition) is 0. The lowest BCUT2D eigenvalue weighted by Crippen LogP contribution is -2.21. The van der Waals surface area contributed by atoms with E-state index in [0.29, 0.717) is 27.5 Å². The van der Waals surface area contributed by atoms with E-state index in [1.807, 2.05) is 30.3 Å². The summed E-state index contributed by atoms with van der Waals surface area (Å²) in [5, 5.41) is 1.25. The Balaban J connectivity index is 2.14. The average molecular weight is 305 g/mol. The van der Waals surface area contributed by atoms with Crippen molar-refractivity contribution in [2.45, 2.75) is 6.54 Å². The first-order valence-corrected chi connectivity index (χ1v) is 6.79. The minimum absolute atomic E-state index is 0.150. The van der Waals surface area contributed by atoms with Crippen LogP contribution >= 0.6 is 23.2 Å². The Morgan fingerprint density at radius 1 is 1.10 bits per heavy atom. The van der Waals surface area contributed by atoms with E-state index in [-0.39, 0.29) is 5.56 Å². The molecule has 5 heteroatoms. The van der Waals surface area contributed by atoms with Gasteiger partial charge in [-0.1, -0.05) is 53.5 Å². The van der Waals surface area contributed by atoms with E-state index >= 15 is 0 Å². The molecule has 0 radical (unpaired) electrons. The van der Waals surface area contributed by atoms with E-state index in [1.54, 1.807) is 16.7 Å². The number of hydrogen-bond acceptors (Lipinski definition) is 2. The Hall–Kier alpha value is -1.84. The summed E-state index contributed by atoms with van der Waals surface area (Å²) < 4.78 is 1.55. The number of halogens is 2. The third-order valence-electron chi connectivity index (χ3n) is 3.04. The Morgan fingerprint density at radius 2 is 1.85 bits per heavy atom. The van der Waals surface area contributed by atoms with Crippen LogP contribution in [-0.4, -0.2) is 9.55 Å². The van der Waals surface area contributed by atoms with Crippen molar-refractivity contribution in [3.8, 4) is 0 Å². The van der Waals surface area contributed by atoms with Gasteiger partial charge in [0.2, 0.25) is 0 Å². The zero-order valence-electron chi connectivity index (χ0n) is 10.4. The molecule has 3 aromatic rings. The number of fused-ring (bicyclic) bond motifs is 1. The van der Waals surface area contributed by atoms with Crippen molar-refractivity contribution < 1.29 is 0 Å². The van der Waals surface area contributed by atoms with Crippen LogP contribution in [0.2, 0.25) is 10.0 Å². The summed E-state index contributed by atoms with van der Waals surface area (Å²) in [5.41, 5.74) is 1.36. The molecule has 20 heavy (non-hydrogen) atoms. The number of nitrogens with zero attached hydrogens (tertiary/aromatic N) is 2. The number of rotatable bonds is 2. The summed E-state index contributed by atoms with van der Waals surface area (Å²) in [6, 6.07) is 12.9. The van der Waals surface area contributed by atoms with Gasteiger partial charge in [0.15, 0.2) is 0 Å². The van der Waals surface area contributed by atoms with E-state index in [9.17, 15) is 4.79 Å². The molecule has 3 rings (SSSR count). The van der Waals surface area contributed by atoms with Gasteiger partial charge in [-0.2, -0.15) is 0 Å². The molecule has 0 bridgehead atoms.